The first-order chi connectivity index (χ1) is 11.8. The Kier molecular flexibility index (Phi) is 18.9. The number of hydrogen-bond acceptors (Lipinski definition) is 0. The first-order valence-corrected chi connectivity index (χ1v) is 11.0. The summed E-state index contributed by atoms with van der Waals surface area (Å²) in [5, 5.41) is 0. The highest BCUT2D eigenvalue weighted by Crippen LogP contribution is 2.27. The van der Waals surface area contributed by atoms with Gasteiger partial charge in [0.25, 0.3) is 0 Å². The lowest BCUT2D eigenvalue weighted by atomic mass is 9.83. The van der Waals surface area contributed by atoms with Gasteiger partial charge in [-0.1, -0.05) is 117 Å². The Balaban J connectivity index is 3.64. The molecule has 2 atom stereocenters. The quantitative estimate of drug-likeness (QED) is 0.174. The van der Waals surface area contributed by atoms with Crippen LogP contribution in [0, 0.1) is 25.7 Å². The summed E-state index contributed by atoms with van der Waals surface area (Å²) in [5.74, 6) is 1.89. The van der Waals surface area contributed by atoms with E-state index in [2.05, 4.69) is 39.8 Å². The highest BCUT2D eigenvalue weighted by molar-refractivity contribution is 4.81. The second kappa shape index (κ2) is 19.1. The van der Waals surface area contributed by atoms with Gasteiger partial charge in [-0.3, -0.25) is 0 Å². The SMILES string of the molecule is [CH2]CCC=CCCCCCCCC(CCCCCC[CH2])C(C)CC. The van der Waals surface area contributed by atoms with Crippen LogP contribution in [0.25, 0.3) is 0 Å². The van der Waals surface area contributed by atoms with Crippen molar-refractivity contribution in [2.24, 2.45) is 11.8 Å². The molecule has 0 saturated heterocycles. The second-order valence-electron chi connectivity index (χ2n) is 7.66. The van der Waals surface area contributed by atoms with Crippen LogP contribution in [0.4, 0.5) is 0 Å². The highest BCUT2D eigenvalue weighted by Gasteiger charge is 2.14. The maximum absolute atomic E-state index is 3.94. The number of unbranched alkanes of at least 4 members (excludes halogenated alkanes) is 10. The lowest BCUT2D eigenvalue weighted by molar-refractivity contribution is 0.288. The fraction of sp³-hybridized carbons (Fsp3) is 0.833. The molecule has 0 aliphatic rings. The van der Waals surface area contributed by atoms with Gasteiger partial charge >= 0.3 is 0 Å². The Morgan fingerprint density at radius 3 is 1.79 bits per heavy atom. The molecule has 0 N–H and O–H groups in total. The summed E-state index contributed by atoms with van der Waals surface area (Å²) in [6, 6.07) is 0. The van der Waals surface area contributed by atoms with Crippen molar-refractivity contribution in [3.63, 3.8) is 0 Å². The molecule has 24 heavy (non-hydrogen) atoms. The molecule has 0 heterocycles. The van der Waals surface area contributed by atoms with Crippen molar-refractivity contribution >= 4 is 0 Å². The number of allylic oxidation sites excluding steroid dienone is 2. The van der Waals surface area contributed by atoms with Crippen LogP contribution in [0.1, 0.15) is 117 Å². The van der Waals surface area contributed by atoms with Crippen LogP contribution < -0.4 is 0 Å². The maximum atomic E-state index is 3.94. The summed E-state index contributed by atoms with van der Waals surface area (Å²) in [5.41, 5.74) is 0. The van der Waals surface area contributed by atoms with Crippen LogP contribution in [-0.2, 0) is 0 Å². The molecule has 0 saturated carbocycles. The molecule has 0 spiro atoms. The molecular weight excluding hydrogens is 288 g/mol. The van der Waals surface area contributed by atoms with Crippen molar-refractivity contribution in [1.82, 2.24) is 0 Å². The van der Waals surface area contributed by atoms with Crippen molar-refractivity contribution in [3.8, 4) is 0 Å². The van der Waals surface area contributed by atoms with E-state index in [9.17, 15) is 0 Å². The molecule has 2 unspecified atom stereocenters. The minimum absolute atomic E-state index is 0.913. The largest absolute Gasteiger partial charge is 0.0885 e. The maximum Gasteiger partial charge on any atom is -0.0351 e. The Bertz CT molecular complexity index is 253. The van der Waals surface area contributed by atoms with Crippen molar-refractivity contribution < 1.29 is 0 Å². The lowest BCUT2D eigenvalue weighted by Crippen LogP contribution is -2.11. The van der Waals surface area contributed by atoms with E-state index < -0.39 is 0 Å². The van der Waals surface area contributed by atoms with Gasteiger partial charge in [-0.2, -0.15) is 0 Å². The van der Waals surface area contributed by atoms with E-state index in [0.29, 0.717) is 0 Å². The van der Waals surface area contributed by atoms with Crippen LogP contribution >= 0.6 is 0 Å². The summed E-state index contributed by atoms with van der Waals surface area (Å²) >= 11 is 0. The Hall–Kier alpha value is -0.260. The number of rotatable bonds is 18. The first-order valence-electron chi connectivity index (χ1n) is 11.0. The van der Waals surface area contributed by atoms with Crippen LogP contribution in [0.2, 0.25) is 0 Å². The van der Waals surface area contributed by atoms with Gasteiger partial charge in [-0.05, 0) is 37.5 Å². The first kappa shape index (κ1) is 23.7. The normalized spacial score (nSPS) is 14.3. The fourth-order valence-electron chi connectivity index (χ4n) is 3.54. The monoisotopic (exact) mass is 334 g/mol. The third-order valence-corrected chi connectivity index (χ3v) is 5.51. The summed E-state index contributed by atoms with van der Waals surface area (Å²) in [7, 11) is 0. The molecule has 0 nitrogen and oxygen atoms in total. The predicted octanol–water partition coefficient (Wildman–Crippen LogP) is 8.72. The molecule has 0 fully saturated rings. The van der Waals surface area contributed by atoms with Gasteiger partial charge in [0.1, 0.15) is 0 Å². The predicted molar refractivity (Wildman–Crippen MR) is 112 cm³/mol. The molecule has 142 valence electrons. The minimum atomic E-state index is 0.913. The topological polar surface area (TPSA) is 0 Å². The van der Waals surface area contributed by atoms with E-state index in [1.54, 1.807) is 0 Å². The Morgan fingerprint density at radius 2 is 1.21 bits per heavy atom. The van der Waals surface area contributed by atoms with Crippen molar-refractivity contribution in [1.29, 1.82) is 0 Å². The molecule has 0 bridgehead atoms. The number of hydrogen-bond donors (Lipinski definition) is 0. The van der Waals surface area contributed by atoms with E-state index in [0.717, 1.165) is 31.1 Å². The average Bonchev–Trinajstić information content (AvgIpc) is 2.60. The molecule has 0 aromatic rings. The van der Waals surface area contributed by atoms with Crippen LogP contribution in [0.3, 0.4) is 0 Å². The standard InChI is InChI=1S/C24H46/c1-5-8-10-12-13-14-15-16-18-20-22-24(23(4)7-3)21-19-17-11-9-6-2/h10,12,23-24H,1-2,5-9,11,13-22H2,3-4H3. The van der Waals surface area contributed by atoms with E-state index in [1.807, 2.05) is 0 Å². The van der Waals surface area contributed by atoms with Gasteiger partial charge in [-0.15, -0.1) is 0 Å². The molecule has 2 radical (unpaired) electrons. The average molecular weight is 335 g/mol. The third-order valence-electron chi connectivity index (χ3n) is 5.51. The van der Waals surface area contributed by atoms with E-state index in [-0.39, 0.29) is 0 Å². The van der Waals surface area contributed by atoms with Gasteiger partial charge in [0.15, 0.2) is 0 Å². The molecular formula is C24H46. The zero-order valence-electron chi connectivity index (χ0n) is 17.0. The minimum Gasteiger partial charge on any atom is -0.0885 e. The third kappa shape index (κ3) is 15.3. The van der Waals surface area contributed by atoms with Gasteiger partial charge in [0, 0.05) is 0 Å². The highest BCUT2D eigenvalue weighted by atomic mass is 14.2. The molecule has 0 aliphatic heterocycles. The summed E-state index contributed by atoms with van der Waals surface area (Å²) in [6.07, 6.45) is 26.1. The second-order valence-corrected chi connectivity index (χ2v) is 7.66. The summed E-state index contributed by atoms with van der Waals surface area (Å²) in [6.45, 7) is 12.6. The molecule has 0 aromatic heterocycles. The zero-order chi connectivity index (χ0) is 17.9. The van der Waals surface area contributed by atoms with Crippen LogP contribution in [0.15, 0.2) is 12.2 Å². The summed E-state index contributed by atoms with van der Waals surface area (Å²) < 4.78 is 0. The van der Waals surface area contributed by atoms with Crippen LogP contribution in [0.5, 0.6) is 0 Å². The molecule has 0 heteroatoms. The van der Waals surface area contributed by atoms with Gasteiger partial charge in [0.05, 0.1) is 0 Å². The van der Waals surface area contributed by atoms with Gasteiger partial charge < -0.3 is 0 Å². The van der Waals surface area contributed by atoms with Gasteiger partial charge in [-0.25, -0.2) is 0 Å². The smallest absolute Gasteiger partial charge is 0.0351 e. The van der Waals surface area contributed by atoms with Crippen molar-refractivity contribution in [2.75, 3.05) is 0 Å². The summed E-state index contributed by atoms with van der Waals surface area (Å²) in [4.78, 5) is 0. The van der Waals surface area contributed by atoms with E-state index in [4.69, 9.17) is 0 Å². The Labute approximate surface area is 154 Å². The van der Waals surface area contributed by atoms with Crippen LogP contribution in [-0.4, -0.2) is 0 Å². The molecule has 0 amide bonds. The van der Waals surface area contributed by atoms with E-state index in [1.165, 1.54) is 83.5 Å². The molecule has 0 aliphatic carbocycles. The fourth-order valence-corrected chi connectivity index (χ4v) is 3.54. The molecule has 0 rings (SSSR count). The lowest BCUT2D eigenvalue weighted by Gasteiger charge is -2.23. The van der Waals surface area contributed by atoms with Crippen molar-refractivity contribution in [2.45, 2.75) is 117 Å². The Morgan fingerprint density at radius 1 is 0.667 bits per heavy atom. The molecule has 0 aromatic carbocycles. The zero-order valence-corrected chi connectivity index (χ0v) is 17.0. The van der Waals surface area contributed by atoms with E-state index >= 15 is 0 Å². The van der Waals surface area contributed by atoms with Crippen molar-refractivity contribution in [3.05, 3.63) is 26.0 Å². The van der Waals surface area contributed by atoms with Gasteiger partial charge in [0.2, 0.25) is 0 Å².